The summed E-state index contributed by atoms with van der Waals surface area (Å²) in [5, 5.41) is 3.19. The van der Waals surface area contributed by atoms with Crippen molar-refractivity contribution in [3.8, 4) is 11.5 Å². The maximum absolute atomic E-state index is 13.5. The highest BCUT2D eigenvalue weighted by molar-refractivity contribution is 6.37. The minimum Gasteiger partial charge on any atom is -0.496 e. The molecule has 0 saturated carbocycles. The van der Waals surface area contributed by atoms with Crippen LogP contribution in [0.5, 0.6) is 11.5 Å². The fourth-order valence-corrected chi connectivity index (χ4v) is 4.10. The molecule has 8 nitrogen and oxygen atoms in total. The molecule has 2 aromatic carbocycles. The summed E-state index contributed by atoms with van der Waals surface area (Å²) in [5.74, 6) is 0.598. The maximum Gasteiger partial charge on any atom is 0.278 e. The van der Waals surface area contributed by atoms with Gasteiger partial charge in [-0.2, -0.15) is 0 Å². The Kier molecular flexibility index (Phi) is 7.49. The van der Waals surface area contributed by atoms with Crippen LogP contribution < -0.4 is 14.8 Å². The second-order valence-corrected chi connectivity index (χ2v) is 8.48. The van der Waals surface area contributed by atoms with Crippen LogP contribution >= 0.6 is 0 Å². The van der Waals surface area contributed by atoms with Gasteiger partial charge in [0.1, 0.15) is 17.2 Å². The zero-order chi connectivity index (χ0) is 24.1. The van der Waals surface area contributed by atoms with Crippen LogP contribution in [0.4, 0.5) is 5.69 Å². The first-order valence-corrected chi connectivity index (χ1v) is 11.6. The average Bonchev–Trinajstić information content (AvgIpc) is 3.07. The normalized spacial score (nSPS) is 17.0. The molecule has 2 aliphatic rings. The zero-order valence-electron chi connectivity index (χ0n) is 19.9. The first-order chi connectivity index (χ1) is 16.5. The number of amides is 2. The van der Waals surface area contributed by atoms with E-state index in [2.05, 4.69) is 10.2 Å². The molecule has 4 rings (SSSR count). The van der Waals surface area contributed by atoms with Crippen molar-refractivity contribution in [3.63, 3.8) is 0 Å². The Bertz CT molecular complexity index is 1060. The van der Waals surface area contributed by atoms with Gasteiger partial charge in [-0.3, -0.25) is 19.4 Å². The summed E-state index contributed by atoms with van der Waals surface area (Å²) in [5.41, 5.74) is 1.83. The van der Waals surface area contributed by atoms with Crippen molar-refractivity contribution in [2.24, 2.45) is 0 Å². The lowest BCUT2D eigenvalue weighted by atomic mass is 10.0. The second kappa shape index (κ2) is 10.7. The van der Waals surface area contributed by atoms with E-state index in [4.69, 9.17) is 14.2 Å². The topological polar surface area (TPSA) is 80.3 Å². The number of methoxy groups -OCH3 is 1. The third-order valence-electron chi connectivity index (χ3n) is 5.78. The molecule has 0 unspecified atom stereocenters. The van der Waals surface area contributed by atoms with E-state index < -0.39 is 0 Å². The number of imide groups is 1. The minimum atomic E-state index is -0.346. The Hall–Kier alpha value is -3.36. The van der Waals surface area contributed by atoms with Crippen LogP contribution in [0, 0.1) is 0 Å². The van der Waals surface area contributed by atoms with E-state index in [1.54, 1.807) is 19.2 Å². The summed E-state index contributed by atoms with van der Waals surface area (Å²) in [4.78, 5) is 30.5. The third kappa shape index (κ3) is 5.24. The first kappa shape index (κ1) is 23.8. The molecule has 34 heavy (non-hydrogen) atoms. The zero-order valence-corrected chi connectivity index (χ0v) is 19.9. The van der Waals surface area contributed by atoms with Crippen LogP contribution in [0.2, 0.25) is 0 Å². The molecule has 1 fully saturated rings. The molecule has 2 heterocycles. The number of hydrogen-bond acceptors (Lipinski definition) is 7. The smallest absolute Gasteiger partial charge is 0.278 e. The Balaban J connectivity index is 1.62. The number of para-hydroxylation sites is 1. The SMILES string of the molecule is COc1ccccc1C1=C(Nc2ccc(OC(C)C)cc2)C(=O)N(CCN2CCOCC2)C1=O. The summed E-state index contributed by atoms with van der Waals surface area (Å²) in [6.07, 6.45) is 0.0627. The van der Waals surface area contributed by atoms with Gasteiger partial charge in [0.2, 0.25) is 0 Å². The van der Waals surface area contributed by atoms with Gasteiger partial charge in [0.05, 0.1) is 32.0 Å². The van der Waals surface area contributed by atoms with Gasteiger partial charge in [0, 0.05) is 37.4 Å². The number of nitrogens with zero attached hydrogens (tertiary/aromatic N) is 2. The first-order valence-electron chi connectivity index (χ1n) is 11.6. The largest absolute Gasteiger partial charge is 0.496 e. The van der Waals surface area contributed by atoms with Gasteiger partial charge >= 0.3 is 0 Å². The molecule has 0 atom stereocenters. The fraction of sp³-hybridized carbons (Fsp3) is 0.385. The van der Waals surface area contributed by atoms with Gasteiger partial charge in [-0.15, -0.1) is 0 Å². The lowest BCUT2D eigenvalue weighted by Crippen LogP contribution is -2.43. The monoisotopic (exact) mass is 465 g/mol. The number of morpholine rings is 1. The molecule has 1 saturated heterocycles. The Morgan fingerprint density at radius 1 is 0.971 bits per heavy atom. The molecule has 0 aromatic heterocycles. The van der Waals surface area contributed by atoms with Gasteiger partial charge in [-0.1, -0.05) is 18.2 Å². The summed E-state index contributed by atoms with van der Waals surface area (Å²) in [7, 11) is 1.55. The molecule has 2 aliphatic heterocycles. The number of ether oxygens (including phenoxy) is 3. The third-order valence-corrected chi connectivity index (χ3v) is 5.78. The number of nitrogens with one attached hydrogen (secondary N) is 1. The number of anilines is 1. The van der Waals surface area contributed by atoms with Crippen molar-refractivity contribution in [2.75, 3.05) is 51.8 Å². The molecule has 2 aromatic rings. The molecular formula is C26H31N3O5. The molecule has 2 amide bonds. The number of carbonyl (C=O) groups is 2. The van der Waals surface area contributed by atoms with Crippen LogP contribution in [0.1, 0.15) is 19.4 Å². The van der Waals surface area contributed by atoms with Crippen molar-refractivity contribution >= 4 is 23.1 Å². The average molecular weight is 466 g/mol. The highest BCUT2D eigenvalue weighted by atomic mass is 16.5. The predicted molar refractivity (Wildman–Crippen MR) is 130 cm³/mol. The highest BCUT2D eigenvalue weighted by Gasteiger charge is 2.40. The van der Waals surface area contributed by atoms with E-state index in [9.17, 15) is 9.59 Å². The van der Waals surface area contributed by atoms with Crippen molar-refractivity contribution in [1.82, 2.24) is 9.80 Å². The van der Waals surface area contributed by atoms with E-state index in [-0.39, 0.29) is 23.6 Å². The van der Waals surface area contributed by atoms with E-state index in [1.807, 2.05) is 50.2 Å². The second-order valence-electron chi connectivity index (χ2n) is 8.48. The van der Waals surface area contributed by atoms with Crippen molar-refractivity contribution in [1.29, 1.82) is 0 Å². The van der Waals surface area contributed by atoms with Crippen LogP contribution in [-0.2, 0) is 14.3 Å². The molecule has 8 heteroatoms. The van der Waals surface area contributed by atoms with Crippen molar-refractivity contribution < 1.29 is 23.8 Å². The van der Waals surface area contributed by atoms with Gasteiger partial charge in [0.25, 0.3) is 11.8 Å². The number of rotatable bonds is 9. The van der Waals surface area contributed by atoms with Crippen LogP contribution in [0.25, 0.3) is 5.57 Å². The Morgan fingerprint density at radius 3 is 2.35 bits per heavy atom. The standard InChI is InChI=1S/C26H31N3O5/c1-18(2)34-20-10-8-19(9-11-20)27-24-23(21-6-4-5-7-22(21)32-3)25(30)29(26(24)31)13-12-28-14-16-33-17-15-28/h4-11,18,27H,12-17H2,1-3H3. The number of hydrogen-bond donors (Lipinski definition) is 1. The van der Waals surface area contributed by atoms with Gasteiger partial charge in [0.15, 0.2) is 0 Å². The molecule has 0 radical (unpaired) electrons. The summed E-state index contributed by atoms with van der Waals surface area (Å²) in [6, 6.07) is 14.6. The molecule has 0 spiro atoms. The van der Waals surface area contributed by atoms with Crippen molar-refractivity contribution in [3.05, 3.63) is 59.8 Å². The minimum absolute atomic E-state index is 0.0627. The Labute approximate surface area is 200 Å². The fourth-order valence-electron chi connectivity index (χ4n) is 4.10. The predicted octanol–water partition coefficient (Wildman–Crippen LogP) is 3.01. The van der Waals surface area contributed by atoms with E-state index in [0.717, 1.165) is 18.8 Å². The van der Waals surface area contributed by atoms with Gasteiger partial charge in [-0.25, -0.2) is 0 Å². The number of carbonyl (C=O) groups excluding carboxylic acids is 2. The van der Waals surface area contributed by atoms with Crippen LogP contribution in [0.15, 0.2) is 54.2 Å². The highest BCUT2D eigenvalue weighted by Crippen LogP contribution is 2.35. The molecule has 0 aliphatic carbocycles. The molecular weight excluding hydrogens is 434 g/mol. The molecule has 180 valence electrons. The molecule has 0 bridgehead atoms. The number of benzene rings is 2. The summed E-state index contributed by atoms with van der Waals surface area (Å²) < 4.78 is 16.6. The van der Waals surface area contributed by atoms with Crippen LogP contribution in [0.3, 0.4) is 0 Å². The quantitative estimate of drug-likeness (QED) is 0.570. The maximum atomic E-state index is 13.5. The van der Waals surface area contributed by atoms with E-state index in [0.29, 0.717) is 48.9 Å². The Morgan fingerprint density at radius 2 is 1.68 bits per heavy atom. The lowest BCUT2D eigenvalue weighted by Gasteiger charge is -2.28. The van der Waals surface area contributed by atoms with Crippen molar-refractivity contribution in [2.45, 2.75) is 20.0 Å². The van der Waals surface area contributed by atoms with E-state index in [1.165, 1.54) is 4.90 Å². The van der Waals surface area contributed by atoms with E-state index >= 15 is 0 Å². The van der Waals surface area contributed by atoms with Gasteiger partial charge in [-0.05, 0) is 44.2 Å². The summed E-state index contributed by atoms with van der Waals surface area (Å²) in [6.45, 7) is 7.75. The summed E-state index contributed by atoms with van der Waals surface area (Å²) >= 11 is 0. The van der Waals surface area contributed by atoms with Gasteiger partial charge < -0.3 is 19.5 Å². The lowest BCUT2D eigenvalue weighted by molar-refractivity contribution is -0.137. The molecule has 1 N–H and O–H groups in total. The van der Waals surface area contributed by atoms with Crippen LogP contribution in [-0.4, -0.2) is 74.2 Å².